The highest BCUT2D eigenvalue weighted by molar-refractivity contribution is 4.76. The van der Waals surface area contributed by atoms with E-state index in [1.54, 1.807) is 0 Å². The van der Waals surface area contributed by atoms with Crippen molar-refractivity contribution in [3.8, 4) is 0 Å². The van der Waals surface area contributed by atoms with E-state index in [0.717, 1.165) is 6.42 Å². The van der Waals surface area contributed by atoms with Gasteiger partial charge in [0.1, 0.15) is 0 Å². The molecule has 0 aromatic carbocycles. The first kappa shape index (κ1) is 13.8. The summed E-state index contributed by atoms with van der Waals surface area (Å²) < 4.78 is 0. The number of hydrogen-bond acceptors (Lipinski definition) is 4. The van der Waals surface area contributed by atoms with Gasteiger partial charge in [-0.25, -0.2) is 0 Å². The minimum atomic E-state index is -0.377. The molecule has 3 N–H and O–H groups in total. The van der Waals surface area contributed by atoms with E-state index in [2.05, 4.69) is 0 Å². The van der Waals surface area contributed by atoms with Crippen LogP contribution >= 0.6 is 0 Å². The highest BCUT2D eigenvalue weighted by Crippen LogP contribution is 2.11. The fraction of sp³-hybridized carbons (Fsp3) is 1.00. The van der Waals surface area contributed by atoms with E-state index in [1.165, 1.54) is 0 Å². The van der Waals surface area contributed by atoms with Gasteiger partial charge in [0.2, 0.25) is 0 Å². The zero-order valence-electron chi connectivity index (χ0n) is 9.19. The van der Waals surface area contributed by atoms with Gasteiger partial charge in [-0.3, -0.25) is 4.90 Å². The molecule has 2 atom stereocenters. The number of rotatable bonds is 8. The van der Waals surface area contributed by atoms with Crippen LogP contribution in [0.5, 0.6) is 0 Å². The monoisotopic (exact) mass is 205 g/mol. The van der Waals surface area contributed by atoms with E-state index in [9.17, 15) is 5.11 Å². The molecule has 0 aromatic heterocycles. The summed E-state index contributed by atoms with van der Waals surface area (Å²) in [5, 5.41) is 27.5. The van der Waals surface area contributed by atoms with Gasteiger partial charge in [-0.1, -0.05) is 13.8 Å². The van der Waals surface area contributed by atoms with Crippen molar-refractivity contribution in [1.29, 1.82) is 0 Å². The van der Waals surface area contributed by atoms with E-state index in [4.69, 9.17) is 10.2 Å². The first-order valence-corrected chi connectivity index (χ1v) is 5.35. The van der Waals surface area contributed by atoms with Crippen LogP contribution in [0.4, 0.5) is 0 Å². The Hall–Kier alpha value is -0.160. The molecule has 0 aliphatic carbocycles. The third-order valence-corrected chi connectivity index (χ3v) is 2.52. The van der Waals surface area contributed by atoms with Crippen molar-refractivity contribution in [3.05, 3.63) is 0 Å². The average Bonchev–Trinajstić information content (AvgIpc) is 2.19. The van der Waals surface area contributed by atoms with Crippen LogP contribution in [0.15, 0.2) is 0 Å². The molecule has 4 nitrogen and oxygen atoms in total. The van der Waals surface area contributed by atoms with Crippen molar-refractivity contribution in [1.82, 2.24) is 4.90 Å². The van der Waals surface area contributed by atoms with E-state index in [1.807, 2.05) is 18.7 Å². The van der Waals surface area contributed by atoms with Crippen LogP contribution in [0, 0.1) is 0 Å². The topological polar surface area (TPSA) is 63.9 Å². The molecule has 2 unspecified atom stereocenters. The zero-order valence-corrected chi connectivity index (χ0v) is 9.19. The quantitative estimate of drug-likeness (QED) is 0.514. The predicted molar refractivity (Wildman–Crippen MR) is 56.1 cm³/mol. The molecule has 0 aliphatic rings. The lowest BCUT2D eigenvalue weighted by Crippen LogP contribution is -2.45. The highest BCUT2D eigenvalue weighted by Gasteiger charge is 2.22. The first-order chi connectivity index (χ1) is 6.71. The Kier molecular flexibility index (Phi) is 8.08. The largest absolute Gasteiger partial charge is 0.395 e. The van der Waals surface area contributed by atoms with Crippen LogP contribution in [0.3, 0.4) is 0 Å². The van der Waals surface area contributed by atoms with Crippen LogP contribution in [0.2, 0.25) is 0 Å². The van der Waals surface area contributed by atoms with Crippen LogP contribution in [-0.2, 0) is 0 Å². The smallest absolute Gasteiger partial charge is 0.0692 e. The molecule has 0 heterocycles. The fourth-order valence-corrected chi connectivity index (χ4v) is 1.75. The summed E-state index contributed by atoms with van der Waals surface area (Å²) in [5.41, 5.74) is 0. The minimum absolute atomic E-state index is 0.0410. The van der Waals surface area contributed by atoms with Gasteiger partial charge < -0.3 is 15.3 Å². The van der Waals surface area contributed by atoms with Gasteiger partial charge in [-0.05, 0) is 12.8 Å². The van der Waals surface area contributed by atoms with Gasteiger partial charge in [0.15, 0.2) is 0 Å². The lowest BCUT2D eigenvalue weighted by molar-refractivity contribution is 0.0266. The molecule has 4 heteroatoms. The van der Waals surface area contributed by atoms with E-state index < -0.39 is 0 Å². The maximum atomic E-state index is 9.74. The normalized spacial score (nSPS) is 15.9. The summed E-state index contributed by atoms with van der Waals surface area (Å²) in [6.07, 6.45) is 1.15. The standard InChI is InChI=1S/C10H23NO3/c1-3-9(10(14)4-2)11(5-7-12)6-8-13/h9-10,12-14H,3-8H2,1-2H3. The Bertz CT molecular complexity index is 127. The van der Waals surface area contributed by atoms with Crippen molar-refractivity contribution in [2.75, 3.05) is 26.3 Å². The Balaban J connectivity index is 4.24. The number of aliphatic hydroxyl groups is 3. The fourth-order valence-electron chi connectivity index (χ4n) is 1.75. The molecule has 14 heavy (non-hydrogen) atoms. The Morgan fingerprint density at radius 1 is 1.00 bits per heavy atom. The second-order valence-electron chi connectivity index (χ2n) is 3.43. The van der Waals surface area contributed by atoms with Gasteiger partial charge in [-0.15, -0.1) is 0 Å². The molecular formula is C10H23NO3. The SMILES string of the molecule is CCC(O)C(CC)N(CCO)CCO. The van der Waals surface area contributed by atoms with Crippen molar-refractivity contribution in [3.63, 3.8) is 0 Å². The zero-order chi connectivity index (χ0) is 11.0. The molecule has 0 saturated carbocycles. The molecule has 0 radical (unpaired) electrons. The van der Waals surface area contributed by atoms with Crippen LogP contribution in [0.1, 0.15) is 26.7 Å². The lowest BCUT2D eigenvalue weighted by atomic mass is 10.0. The van der Waals surface area contributed by atoms with Crippen LogP contribution in [-0.4, -0.2) is 58.7 Å². The summed E-state index contributed by atoms with van der Waals surface area (Å²) in [7, 11) is 0. The summed E-state index contributed by atoms with van der Waals surface area (Å²) in [6.45, 7) is 5.08. The second kappa shape index (κ2) is 8.17. The van der Waals surface area contributed by atoms with Crippen molar-refractivity contribution in [2.24, 2.45) is 0 Å². The van der Waals surface area contributed by atoms with Gasteiger partial charge >= 0.3 is 0 Å². The summed E-state index contributed by atoms with van der Waals surface area (Å²) in [4.78, 5) is 1.94. The van der Waals surface area contributed by atoms with Crippen LogP contribution in [0.25, 0.3) is 0 Å². The molecule has 0 saturated heterocycles. The van der Waals surface area contributed by atoms with Crippen molar-refractivity contribution >= 4 is 0 Å². The maximum absolute atomic E-state index is 9.74. The molecule has 0 amide bonds. The molecule has 0 rings (SSSR count). The van der Waals surface area contributed by atoms with Crippen LogP contribution < -0.4 is 0 Å². The van der Waals surface area contributed by atoms with E-state index in [-0.39, 0.29) is 25.4 Å². The third-order valence-electron chi connectivity index (χ3n) is 2.52. The molecule has 0 aromatic rings. The summed E-state index contributed by atoms with van der Waals surface area (Å²) in [5.74, 6) is 0. The van der Waals surface area contributed by atoms with Crippen molar-refractivity contribution < 1.29 is 15.3 Å². The van der Waals surface area contributed by atoms with Crippen molar-refractivity contribution in [2.45, 2.75) is 38.8 Å². The van der Waals surface area contributed by atoms with E-state index in [0.29, 0.717) is 19.5 Å². The number of hydrogen-bond donors (Lipinski definition) is 3. The molecule has 0 aliphatic heterocycles. The molecule has 86 valence electrons. The number of aliphatic hydroxyl groups excluding tert-OH is 3. The van der Waals surface area contributed by atoms with Gasteiger partial charge in [0.05, 0.1) is 19.3 Å². The van der Waals surface area contributed by atoms with Gasteiger partial charge in [0.25, 0.3) is 0 Å². The second-order valence-corrected chi connectivity index (χ2v) is 3.43. The predicted octanol–water partition coefficient (Wildman–Crippen LogP) is -0.178. The van der Waals surface area contributed by atoms with E-state index >= 15 is 0 Å². The minimum Gasteiger partial charge on any atom is -0.395 e. The summed E-state index contributed by atoms with van der Waals surface area (Å²) in [6, 6.07) is 0.0410. The maximum Gasteiger partial charge on any atom is 0.0692 e. The molecule has 0 fully saturated rings. The molecule has 0 spiro atoms. The lowest BCUT2D eigenvalue weighted by Gasteiger charge is -2.33. The summed E-state index contributed by atoms with van der Waals surface area (Å²) >= 11 is 0. The van der Waals surface area contributed by atoms with Gasteiger partial charge in [0, 0.05) is 19.1 Å². The third kappa shape index (κ3) is 4.37. The Morgan fingerprint density at radius 2 is 1.50 bits per heavy atom. The molecule has 0 bridgehead atoms. The Labute approximate surface area is 86.2 Å². The average molecular weight is 205 g/mol. The number of nitrogens with zero attached hydrogens (tertiary/aromatic N) is 1. The highest BCUT2D eigenvalue weighted by atomic mass is 16.3. The van der Waals surface area contributed by atoms with Gasteiger partial charge in [-0.2, -0.15) is 0 Å². The Morgan fingerprint density at radius 3 is 1.79 bits per heavy atom. The molecular weight excluding hydrogens is 182 g/mol. The first-order valence-electron chi connectivity index (χ1n) is 5.35.